The van der Waals surface area contributed by atoms with E-state index in [1.807, 2.05) is 13.8 Å². The molecule has 2 aromatic carbocycles. The number of allylic oxidation sites excluding steroid dienone is 2. The van der Waals surface area contributed by atoms with E-state index in [9.17, 15) is 5.53 Å². The van der Waals surface area contributed by atoms with Crippen LogP contribution >= 0.6 is 0 Å². The first-order chi connectivity index (χ1) is 22.5. The number of nitrogens with zero attached hydrogens (tertiary/aromatic N) is 2. The summed E-state index contributed by atoms with van der Waals surface area (Å²) in [6.45, 7) is 20.1. The molecule has 2 nitrogen and oxygen atoms in total. The summed E-state index contributed by atoms with van der Waals surface area (Å²) >= 11 is 0. The average molecular weight is 686 g/mol. The Morgan fingerprint density at radius 3 is 1.21 bits per heavy atom. The zero-order valence-electron chi connectivity index (χ0n) is 31.4. The van der Waals surface area contributed by atoms with Gasteiger partial charge in [0.1, 0.15) is 0 Å². The second-order valence-electron chi connectivity index (χ2n) is 12.9. The Hall–Kier alpha value is -1.99. The van der Waals surface area contributed by atoms with Crippen LogP contribution in [0.4, 0.5) is 0 Å². The summed E-state index contributed by atoms with van der Waals surface area (Å²) in [4.78, 5) is 0. The first kappa shape index (κ1) is 45.0. The maximum Gasteiger partial charge on any atom is 2.00 e. The molecule has 0 saturated carbocycles. The normalized spacial score (nSPS) is 12.4. The Morgan fingerprint density at radius 2 is 0.830 bits per heavy atom. The minimum atomic E-state index is 0. The molecule has 0 N–H and O–H groups in total. The minimum Gasteiger partial charge on any atom is -0.493 e. The molecule has 2 aromatic rings. The largest absolute Gasteiger partial charge is 2.00 e. The van der Waals surface area contributed by atoms with Crippen LogP contribution in [0, 0.1) is 13.8 Å². The van der Waals surface area contributed by atoms with Crippen molar-refractivity contribution in [1.82, 2.24) is 0 Å². The van der Waals surface area contributed by atoms with Gasteiger partial charge in [0.15, 0.2) is 0 Å². The molecule has 0 bridgehead atoms. The van der Waals surface area contributed by atoms with Crippen molar-refractivity contribution in [2.24, 2.45) is 0 Å². The molecule has 0 spiro atoms. The van der Waals surface area contributed by atoms with E-state index in [1.165, 1.54) is 123 Å². The summed E-state index contributed by atoms with van der Waals surface area (Å²) in [5.41, 5.74) is 21.9. The van der Waals surface area contributed by atoms with Crippen molar-refractivity contribution in [1.29, 1.82) is 0 Å². The van der Waals surface area contributed by atoms with Gasteiger partial charge in [-0.1, -0.05) is 130 Å². The summed E-state index contributed by atoms with van der Waals surface area (Å²) in [5.74, 6) is 0. The number of unbranched alkanes of at least 4 members (excludes halogenated alkanes) is 10. The third-order valence-electron chi connectivity index (χ3n) is 8.46. The second-order valence-corrected chi connectivity index (χ2v) is 12.9. The van der Waals surface area contributed by atoms with Crippen LogP contribution in [-0.2, 0) is 29.3 Å². The van der Waals surface area contributed by atoms with Crippen LogP contribution in [0.1, 0.15) is 179 Å². The maximum atomic E-state index is 12.0. The molecule has 3 rings (SSSR count). The number of benzene rings is 2. The summed E-state index contributed by atoms with van der Waals surface area (Å²) in [6.07, 6.45) is 23.8. The van der Waals surface area contributed by atoms with Gasteiger partial charge in [0.05, 0.1) is 0 Å². The fraction of sp³-hybridized carbons (Fsp3) is 0.591. The number of aryl methyl sites for hydroxylation is 2. The van der Waals surface area contributed by atoms with E-state index in [2.05, 4.69) is 90.1 Å². The smallest absolute Gasteiger partial charge is 0.493 e. The Balaban J connectivity index is 0.00000280. The quantitative estimate of drug-likeness (QED) is 0.0574. The van der Waals surface area contributed by atoms with Gasteiger partial charge in [-0.2, -0.15) is 12.8 Å². The molecule has 0 radical (unpaired) electrons. The zero-order valence-corrected chi connectivity index (χ0v) is 32.4. The minimum absolute atomic E-state index is 0. The van der Waals surface area contributed by atoms with E-state index in [1.54, 1.807) is 4.70 Å². The maximum absolute atomic E-state index is 12.0. The van der Waals surface area contributed by atoms with Crippen LogP contribution in [0.5, 0.6) is 0 Å². The molecule has 0 fully saturated rings. The van der Waals surface area contributed by atoms with Crippen LogP contribution < -0.4 is 0 Å². The number of rotatable bonds is 20. The van der Waals surface area contributed by atoms with Gasteiger partial charge >= 0.3 is 16.5 Å². The predicted molar refractivity (Wildman–Crippen MR) is 206 cm³/mol. The molecular weight excluding hydrogens is 615 g/mol. The van der Waals surface area contributed by atoms with E-state index in [-0.39, 0.29) is 16.5 Å². The summed E-state index contributed by atoms with van der Waals surface area (Å²) in [6, 6.07) is 18.0. The molecule has 0 saturated heterocycles. The van der Waals surface area contributed by atoms with Crippen molar-refractivity contribution < 1.29 is 21.2 Å². The van der Waals surface area contributed by atoms with Gasteiger partial charge in [-0.05, 0) is 86.8 Å². The molecule has 47 heavy (non-hydrogen) atoms. The van der Waals surface area contributed by atoms with Crippen molar-refractivity contribution in [2.45, 2.75) is 170 Å². The van der Waals surface area contributed by atoms with E-state index < -0.39 is 0 Å². The van der Waals surface area contributed by atoms with E-state index in [4.69, 9.17) is 0 Å². The summed E-state index contributed by atoms with van der Waals surface area (Å²) in [7, 11) is 0. The van der Waals surface area contributed by atoms with Crippen LogP contribution in [0.25, 0.3) is 16.9 Å². The standard InChI is InChI=1S/C38H56N2.2C3H7.Ni/c1-5-9-13-15-16-18-28-36-35(27-17-14-10-6-2)37(33-25-19-23-31(29-33)21-11-7-3)40(39)38(36)34-26-20-24-32(30-34)22-12-8-4;2*1-3-2;/h19-20,23-26,29-30H,5-18,21-22,27-28H2,1-4H3;2*1,3H2,2H3;/q;2*-1;+2. The molecular formula is C44H70N2Ni. The molecule has 266 valence electrons. The van der Waals surface area contributed by atoms with Crippen LogP contribution in [0.15, 0.2) is 59.7 Å². The van der Waals surface area contributed by atoms with Crippen molar-refractivity contribution >= 4 is 11.4 Å². The van der Waals surface area contributed by atoms with E-state index >= 15 is 0 Å². The SMILES string of the molecule is CCCCCCCCC1=C(c2cccc(CCCC)c2)[N+](=[N-])C(c2cccc(CCCC)c2)=C1CCCCCC.[CH2-]CC.[CH2-]CC.[Ni+2]. The number of hydrogen-bond donors (Lipinski definition) is 0. The van der Waals surface area contributed by atoms with E-state index in [0.29, 0.717) is 0 Å². The van der Waals surface area contributed by atoms with Gasteiger partial charge in [-0.3, -0.25) is 0 Å². The van der Waals surface area contributed by atoms with Crippen molar-refractivity contribution in [3.8, 4) is 0 Å². The van der Waals surface area contributed by atoms with Gasteiger partial charge in [0.25, 0.3) is 0 Å². The monoisotopic (exact) mass is 684 g/mol. The van der Waals surface area contributed by atoms with Gasteiger partial charge in [-0.15, -0.1) is 0 Å². The molecule has 0 amide bonds. The molecule has 0 atom stereocenters. The molecule has 0 aromatic heterocycles. The van der Waals surface area contributed by atoms with Gasteiger partial charge < -0.3 is 19.4 Å². The average Bonchev–Trinajstić information content (AvgIpc) is 3.34. The van der Waals surface area contributed by atoms with Gasteiger partial charge in [-0.25, -0.2) is 4.70 Å². The van der Waals surface area contributed by atoms with Gasteiger partial charge in [0.2, 0.25) is 11.4 Å². The fourth-order valence-electron chi connectivity index (χ4n) is 6.11. The molecule has 0 unspecified atom stereocenters. The van der Waals surface area contributed by atoms with Crippen LogP contribution in [0.3, 0.4) is 0 Å². The van der Waals surface area contributed by atoms with Crippen molar-refractivity contribution in [3.05, 3.63) is 101 Å². The Morgan fingerprint density at radius 1 is 0.489 bits per heavy atom. The molecule has 3 heteroatoms. The Kier molecular flexibility index (Phi) is 27.8. The summed E-state index contributed by atoms with van der Waals surface area (Å²) in [5, 5.41) is 0. The van der Waals surface area contributed by atoms with Crippen LogP contribution in [0.2, 0.25) is 0 Å². The third-order valence-corrected chi connectivity index (χ3v) is 8.46. The second kappa shape index (κ2) is 29.0. The third kappa shape index (κ3) is 16.8. The first-order valence-corrected chi connectivity index (χ1v) is 19.2. The summed E-state index contributed by atoms with van der Waals surface area (Å²) < 4.78 is 1.58. The molecule has 1 aliphatic heterocycles. The molecule has 0 aliphatic carbocycles. The van der Waals surface area contributed by atoms with E-state index in [0.717, 1.165) is 49.9 Å². The zero-order chi connectivity index (χ0) is 34.0. The van der Waals surface area contributed by atoms with Crippen molar-refractivity contribution in [3.63, 3.8) is 0 Å². The Bertz CT molecular complexity index is 1160. The van der Waals surface area contributed by atoms with Gasteiger partial charge in [0, 0.05) is 22.3 Å². The predicted octanol–water partition coefficient (Wildman–Crippen LogP) is 14.7. The Labute approximate surface area is 302 Å². The van der Waals surface area contributed by atoms with Crippen molar-refractivity contribution in [2.75, 3.05) is 0 Å². The molecule has 1 aliphatic rings. The molecule has 1 heterocycles. The fourth-order valence-corrected chi connectivity index (χ4v) is 6.11. The topological polar surface area (TPSA) is 25.3 Å². The van der Waals surface area contributed by atoms with Crippen LogP contribution in [-0.4, -0.2) is 4.70 Å². The number of hydrogen-bond acceptors (Lipinski definition) is 0. The first-order valence-electron chi connectivity index (χ1n) is 19.2.